The first-order chi connectivity index (χ1) is 5.61. The van der Waals surface area contributed by atoms with E-state index in [0.29, 0.717) is 0 Å². The van der Waals surface area contributed by atoms with Crippen LogP contribution in [0.25, 0.3) is 6.20 Å². The van der Waals surface area contributed by atoms with Crippen LogP contribution in [0.15, 0.2) is 30.2 Å². The van der Waals surface area contributed by atoms with Crippen molar-refractivity contribution in [2.75, 3.05) is 0 Å². The Morgan fingerprint density at radius 2 is 2.25 bits per heavy atom. The topological polar surface area (TPSA) is 17.8 Å². The van der Waals surface area contributed by atoms with Gasteiger partial charge in [-0.15, -0.1) is 0 Å². The molecule has 0 aromatic carbocycles. The lowest BCUT2D eigenvalue weighted by molar-refractivity contribution is 1.06. The van der Waals surface area contributed by atoms with Gasteiger partial charge in [-0.05, 0) is 26.3 Å². The minimum atomic E-state index is 1.09. The third-order valence-corrected chi connectivity index (χ3v) is 1.87. The lowest BCUT2D eigenvalue weighted by Gasteiger charge is -2.01. The second-order valence-corrected chi connectivity index (χ2v) is 3.03. The minimum Gasteiger partial charge on any atom is -0.310 e. The van der Waals surface area contributed by atoms with Crippen molar-refractivity contribution in [2.45, 2.75) is 20.8 Å². The third-order valence-electron chi connectivity index (χ3n) is 1.87. The van der Waals surface area contributed by atoms with Crippen LogP contribution in [0.1, 0.15) is 19.5 Å². The molecule has 0 bridgehead atoms. The summed E-state index contributed by atoms with van der Waals surface area (Å²) in [6.45, 7) is 9.93. The lowest BCUT2D eigenvalue weighted by atomic mass is 10.2. The first-order valence-corrected chi connectivity index (χ1v) is 3.94. The van der Waals surface area contributed by atoms with E-state index in [2.05, 4.69) is 11.6 Å². The van der Waals surface area contributed by atoms with Gasteiger partial charge in [-0.25, -0.2) is 4.98 Å². The van der Waals surface area contributed by atoms with Gasteiger partial charge < -0.3 is 4.57 Å². The van der Waals surface area contributed by atoms with Crippen molar-refractivity contribution >= 4 is 6.20 Å². The highest BCUT2D eigenvalue weighted by molar-refractivity contribution is 5.41. The van der Waals surface area contributed by atoms with Crippen molar-refractivity contribution in [3.05, 3.63) is 35.9 Å². The molecule has 0 radical (unpaired) electrons. The van der Waals surface area contributed by atoms with Crippen molar-refractivity contribution in [1.82, 2.24) is 9.55 Å². The number of aromatic nitrogens is 2. The molecule has 1 aromatic rings. The van der Waals surface area contributed by atoms with E-state index in [9.17, 15) is 0 Å². The molecule has 0 atom stereocenters. The van der Waals surface area contributed by atoms with E-state index in [-0.39, 0.29) is 0 Å². The van der Waals surface area contributed by atoms with E-state index < -0.39 is 0 Å². The predicted octanol–water partition coefficient (Wildman–Crippen LogP) is 2.63. The maximum Gasteiger partial charge on any atom is 0.0989 e. The lowest BCUT2D eigenvalue weighted by Crippen LogP contribution is -1.88. The Balaban J connectivity index is 2.95. The molecule has 1 rings (SSSR count). The molecule has 0 saturated carbocycles. The van der Waals surface area contributed by atoms with Crippen molar-refractivity contribution in [3.63, 3.8) is 0 Å². The molecule has 0 amide bonds. The molecule has 1 heterocycles. The fourth-order valence-electron chi connectivity index (χ4n) is 0.825. The van der Waals surface area contributed by atoms with Crippen LogP contribution in [0.2, 0.25) is 0 Å². The molecular formula is C10H14N2. The van der Waals surface area contributed by atoms with Crippen molar-refractivity contribution < 1.29 is 0 Å². The maximum atomic E-state index is 4.02. The normalized spacial score (nSPS) is 11.8. The highest BCUT2D eigenvalue weighted by atomic mass is 15.0. The minimum absolute atomic E-state index is 1.09. The molecule has 2 heteroatoms. The molecule has 0 aliphatic carbocycles. The summed E-state index contributed by atoms with van der Waals surface area (Å²) in [7, 11) is 0. The molecule has 0 saturated heterocycles. The fourth-order valence-corrected chi connectivity index (χ4v) is 0.825. The first kappa shape index (κ1) is 8.78. The summed E-state index contributed by atoms with van der Waals surface area (Å²) in [6.07, 6.45) is 5.66. The Kier molecular flexibility index (Phi) is 2.48. The molecular weight excluding hydrogens is 148 g/mol. The van der Waals surface area contributed by atoms with E-state index >= 15 is 0 Å². The Morgan fingerprint density at radius 1 is 1.58 bits per heavy atom. The van der Waals surface area contributed by atoms with Gasteiger partial charge in [-0.2, -0.15) is 0 Å². The molecule has 0 spiro atoms. The number of nitrogens with zero attached hydrogens (tertiary/aromatic N) is 2. The number of imidazole rings is 1. The zero-order valence-electron chi connectivity index (χ0n) is 7.83. The molecule has 0 aliphatic rings. The SMILES string of the molecule is C=C(C)C(C)=Cn1cncc1C. The number of rotatable bonds is 2. The average molecular weight is 162 g/mol. The van der Waals surface area contributed by atoms with E-state index in [4.69, 9.17) is 0 Å². The predicted molar refractivity (Wildman–Crippen MR) is 51.7 cm³/mol. The van der Waals surface area contributed by atoms with Gasteiger partial charge in [-0.3, -0.25) is 0 Å². The number of aryl methyl sites for hydroxylation is 1. The maximum absolute atomic E-state index is 4.02. The summed E-state index contributed by atoms with van der Waals surface area (Å²) in [5.74, 6) is 0. The smallest absolute Gasteiger partial charge is 0.0989 e. The molecule has 0 N–H and O–H groups in total. The fraction of sp³-hybridized carbons (Fsp3) is 0.300. The van der Waals surface area contributed by atoms with E-state index in [1.165, 1.54) is 5.57 Å². The van der Waals surface area contributed by atoms with E-state index in [1.54, 1.807) is 6.33 Å². The Labute approximate surface area is 73.2 Å². The van der Waals surface area contributed by atoms with Gasteiger partial charge in [0, 0.05) is 18.1 Å². The van der Waals surface area contributed by atoms with E-state index in [1.807, 2.05) is 37.7 Å². The van der Waals surface area contributed by atoms with Crippen LogP contribution in [-0.2, 0) is 0 Å². The highest BCUT2D eigenvalue weighted by Crippen LogP contribution is 2.08. The largest absolute Gasteiger partial charge is 0.310 e. The van der Waals surface area contributed by atoms with Gasteiger partial charge in [0.1, 0.15) is 0 Å². The highest BCUT2D eigenvalue weighted by Gasteiger charge is 1.93. The quantitative estimate of drug-likeness (QED) is 0.611. The summed E-state index contributed by atoms with van der Waals surface area (Å²) >= 11 is 0. The molecule has 64 valence electrons. The van der Waals surface area contributed by atoms with Crippen molar-refractivity contribution in [2.24, 2.45) is 0 Å². The van der Waals surface area contributed by atoms with Gasteiger partial charge in [-0.1, -0.05) is 12.2 Å². The van der Waals surface area contributed by atoms with Gasteiger partial charge in [0.25, 0.3) is 0 Å². The molecule has 12 heavy (non-hydrogen) atoms. The van der Waals surface area contributed by atoms with Gasteiger partial charge in [0.15, 0.2) is 0 Å². The Bertz CT molecular complexity index is 318. The summed E-state index contributed by atoms with van der Waals surface area (Å²) in [5.41, 5.74) is 3.40. The zero-order valence-corrected chi connectivity index (χ0v) is 7.83. The van der Waals surface area contributed by atoms with Crippen LogP contribution in [0.5, 0.6) is 0 Å². The number of hydrogen-bond donors (Lipinski definition) is 0. The van der Waals surface area contributed by atoms with Crippen LogP contribution in [0.3, 0.4) is 0 Å². The summed E-state index contributed by atoms with van der Waals surface area (Å²) < 4.78 is 1.99. The van der Waals surface area contributed by atoms with Crippen LogP contribution < -0.4 is 0 Å². The van der Waals surface area contributed by atoms with Crippen LogP contribution >= 0.6 is 0 Å². The molecule has 0 fully saturated rings. The average Bonchev–Trinajstić information content (AvgIpc) is 2.36. The van der Waals surface area contributed by atoms with Crippen LogP contribution in [-0.4, -0.2) is 9.55 Å². The summed E-state index contributed by atoms with van der Waals surface area (Å²) in [6, 6.07) is 0. The summed E-state index contributed by atoms with van der Waals surface area (Å²) in [5, 5.41) is 0. The monoisotopic (exact) mass is 162 g/mol. The number of hydrogen-bond acceptors (Lipinski definition) is 1. The third kappa shape index (κ3) is 1.84. The molecule has 2 nitrogen and oxygen atoms in total. The van der Waals surface area contributed by atoms with Gasteiger partial charge in [0.05, 0.1) is 6.33 Å². The van der Waals surface area contributed by atoms with Crippen LogP contribution in [0.4, 0.5) is 0 Å². The second kappa shape index (κ2) is 3.39. The van der Waals surface area contributed by atoms with Crippen molar-refractivity contribution in [3.8, 4) is 0 Å². The zero-order chi connectivity index (χ0) is 9.14. The van der Waals surface area contributed by atoms with Gasteiger partial charge in [0.2, 0.25) is 0 Å². The molecule has 0 aliphatic heterocycles. The second-order valence-electron chi connectivity index (χ2n) is 3.03. The van der Waals surface area contributed by atoms with E-state index in [0.717, 1.165) is 11.3 Å². The van der Waals surface area contributed by atoms with Gasteiger partial charge >= 0.3 is 0 Å². The van der Waals surface area contributed by atoms with Crippen LogP contribution in [0, 0.1) is 6.92 Å². The van der Waals surface area contributed by atoms with Crippen molar-refractivity contribution in [1.29, 1.82) is 0 Å². The Hall–Kier alpha value is -1.31. The molecule has 0 unspecified atom stereocenters. The number of allylic oxidation sites excluding steroid dienone is 2. The standard InChI is InChI=1S/C10H14N2/c1-8(2)9(3)6-12-7-11-5-10(12)4/h5-7H,1H2,2-4H3. The Morgan fingerprint density at radius 3 is 2.67 bits per heavy atom. The first-order valence-electron chi connectivity index (χ1n) is 3.94. The molecule has 1 aromatic heterocycles. The summed E-state index contributed by atoms with van der Waals surface area (Å²) in [4.78, 5) is 4.02.